The number of alkyl halides is 3. The Hall–Kier alpha value is -1.76. The van der Waals surface area contributed by atoms with Gasteiger partial charge in [0.05, 0.1) is 5.69 Å². The molecule has 1 aromatic rings. The lowest BCUT2D eigenvalue weighted by Gasteiger charge is -2.22. The van der Waals surface area contributed by atoms with Crippen molar-refractivity contribution in [3.05, 3.63) is 29.8 Å². The lowest BCUT2D eigenvalue weighted by Crippen LogP contribution is -2.27. The van der Waals surface area contributed by atoms with E-state index in [-0.39, 0.29) is 0 Å². The number of carbonyl (C=O) groups is 1. The number of rotatable bonds is 3. The molecule has 0 bridgehead atoms. The quantitative estimate of drug-likeness (QED) is 0.869. The van der Waals surface area contributed by atoms with E-state index in [1.54, 1.807) is 24.3 Å². The van der Waals surface area contributed by atoms with Gasteiger partial charge in [-0.05, 0) is 36.5 Å². The van der Waals surface area contributed by atoms with Crippen LogP contribution in [0.1, 0.15) is 24.3 Å². The summed E-state index contributed by atoms with van der Waals surface area (Å²) in [5, 5.41) is 0. The predicted molar refractivity (Wildman–Crippen MR) is 65.0 cm³/mol. The first kappa shape index (κ1) is 14.6. The van der Waals surface area contributed by atoms with Crippen LogP contribution in [0, 0.1) is 0 Å². The minimum Gasteiger partial charge on any atom is -0.381 e. The Bertz CT molecular complexity index is 453. The van der Waals surface area contributed by atoms with Gasteiger partial charge in [-0.3, -0.25) is 0 Å². The maximum Gasteiger partial charge on any atom is 0.493 e. The Morgan fingerprint density at radius 1 is 1.20 bits per heavy atom. The van der Waals surface area contributed by atoms with E-state index in [1.807, 2.05) is 5.48 Å². The summed E-state index contributed by atoms with van der Waals surface area (Å²) in [6.07, 6.45) is -3.15. The van der Waals surface area contributed by atoms with Crippen LogP contribution in [0.15, 0.2) is 24.3 Å². The number of nitrogens with one attached hydrogen (secondary N) is 1. The maximum absolute atomic E-state index is 11.9. The number of halogens is 3. The molecule has 1 aliphatic rings. The zero-order chi connectivity index (χ0) is 14.6. The highest BCUT2D eigenvalue weighted by Gasteiger charge is 2.41. The lowest BCUT2D eigenvalue weighted by molar-refractivity contribution is -0.196. The molecular formula is C13H14F3NO3. The topological polar surface area (TPSA) is 47.6 Å². The number of hydrogen-bond donors (Lipinski definition) is 1. The molecule has 1 fully saturated rings. The van der Waals surface area contributed by atoms with Crippen molar-refractivity contribution in [3.63, 3.8) is 0 Å². The van der Waals surface area contributed by atoms with Crippen molar-refractivity contribution in [1.29, 1.82) is 0 Å². The van der Waals surface area contributed by atoms with Crippen molar-refractivity contribution in [2.24, 2.45) is 0 Å². The molecule has 0 radical (unpaired) electrons. The average Bonchev–Trinajstić information content (AvgIpc) is 2.45. The SMILES string of the molecule is O=C(ONc1ccc(C2CCOCC2)cc1)C(F)(F)F. The molecule has 7 heteroatoms. The predicted octanol–water partition coefficient (Wildman–Crippen LogP) is 3.01. The molecule has 1 N–H and O–H groups in total. The minimum atomic E-state index is -5.00. The minimum absolute atomic E-state index is 0.290. The summed E-state index contributed by atoms with van der Waals surface area (Å²) in [5.74, 6) is -1.87. The molecular weight excluding hydrogens is 275 g/mol. The fourth-order valence-electron chi connectivity index (χ4n) is 2.02. The molecule has 0 aromatic heterocycles. The molecule has 0 aliphatic carbocycles. The first-order valence-electron chi connectivity index (χ1n) is 6.18. The fourth-order valence-corrected chi connectivity index (χ4v) is 2.02. The third-order valence-corrected chi connectivity index (χ3v) is 3.10. The highest BCUT2D eigenvalue weighted by molar-refractivity contribution is 5.76. The molecule has 2 rings (SSSR count). The van der Waals surface area contributed by atoms with Crippen LogP contribution in [-0.4, -0.2) is 25.4 Å². The van der Waals surface area contributed by atoms with E-state index in [4.69, 9.17) is 4.74 Å². The van der Waals surface area contributed by atoms with Gasteiger partial charge in [0.1, 0.15) is 0 Å². The third kappa shape index (κ3) is 3.86. The van der Waals surface area contributed by atoms with Gasteiger partial charge in [-0.2, -0.15) is 13.2 Å². The van der Waals surface area contributed by atoms with Crippen LogP contribution in [0.5, 0.6) is 0 Å². The Labute approximate surface area is 113 Å². The standard InChI is InChI=1S/C13H14F3NO3/c14-13(15,16)12(18)20-17-11-3-1-9(2-4-11)10-5-7-19-8-6-10/h1-4,10,17H,5-8H2. The Morgan fingerprint density at radius 3 is 2.35 bits per heavy atom. The van der Waals surface area contributed by atoms with E-state index in [1.165, 1.54) is 0 Å². The largest absolute Gasteiger partial charge is 0.493 e. The fraction of sp³-hybridized carbons (Fsp3) is 0.462. The van der Waals surface area contributed by atoms with Crippen LogP contribution in [0.3, 0.4) is 0 Å². The van der Waals surface area contributed by atoms with Crippen molar-refractivity contribution in [1.82, 2.24) is 0 Å². The zero-order valence-electron chi connectivity index (χ0n) is 10.6. The third-order valence-electron chi connectivity index (χ3n) is 3.10. The van der Waals surface area contributed by atoms with Crippen molar-refractivity contribution in [2.45, 2.75) is 24.9 Å². The van der Waals surface area contributed by atoms with Crippen LogP contribution in [0.25, 0.3) is 0 Å². The molecule has 1 aliphatic heterocycles. The van der Waals surface area contributed by atoms with E-state index in [9.17, 15) is 18.0 Å². The van der Waals surface area contributed by atoms with Crippen molar-refractivity contribution >= 4 is 11.7 Å². The number of hydrogen-bond acceptors (Lipinski definition) is 4. The van der Waals surface area contributed by atoms with Gasteiger partial charge in [0.2, 0.25) is 0 Å². The second kappa shape index (κ2) is 6.13. The van der Waals surface area contributed by atoms with Crippen LogP contribution in [-0.2, 0) is 14.4 Å². The van der Waals surface area contributed by atoms with Gasteiger partial charge in [-0.1, -0.05) is 12.1 Å². The molecule has 1 aromatic carbocycles. The van der Waals surface area contributed by atoms with Crippen LogP contribution >= 0.6 is 0 Å². The van der Waals surface area contributed by atoms with Crippen molar-refractivity contribution in [2.75, 3.05) is 18.7 Å². The smallest absolute Gasteiger partial charge is 0.381 e. The maximum atomic E-state index is 11.9. The molecule has 0 atom stereocenters. The molecule has 110 valence electrons. The van der Waals surface area contributed by atoms with Gasteiger partial charge in [0, 0.05) is 13.2 Å². The van der Waals surface area contributed by atoms with Crippen LogP contribution < -0.4 is 5.48 Å². The van der Waals surface area contributed by atoms with E-state index < -0.39 is 12.1 Å². The molecule has 0 unspecified atom stereocenters. The number of ether oxygens (including phenoxy) is 1. The summed E-state index contributed by atoms with van der Waals surface area (Å²) in [4.78, 5) is 14.5. The normalized spacial score (nSPS) is 16.8. The summed E-state index contributed by atoms with van der Waals surface area (Å²) in [5.41, 5.74) is 3.38. The van der Waals surface area contributed by atoms with Crippen LogP contribution in [0.4, 0.5) is 18.9 Å². The Balaban J connectivity index is 1.90. The number of benzene rings is 1. The molecule has 1 saturated heterocycles. The molecule has 1 heterocycles. The van der Waals surface area contributed by atoms with Gasteiger partial charge in [-0.15, -0.1) is 0 Å². The summed E-state index contributed by atoms with van der Waals surface area (Å²) in [7, 11) is 0. The first-order valence-corrected chi connectivity index (χ1v) is 6.18. The summed E-state index contributed by atoms with van der Waals surface area (Å²) in [6.45, 7) is 1.43. The van der Waals surface area contributed by atoms with Gasteiger partial charge >= 0.3 is 12.1 Å². The molecule has 0 saturated carbocycles. The van der Waals surface area contributed by atoms with Gasteiger partial charge in [-0.25, -0.2) is 10.3 Å². The summed E-state index contributed by atoms with van der Waals surface area (Å²) < 4.78 is 41.1. The average molecular weight is 289 g/mol. The number of anilines is 1. The van der Waals surface area contributed by atoms with E-state index >= 15 is 0 Å². The summed E-state index contributed by atoms with van der Waals surface area (Å²) in [6, 6.07) is 6.77. The van der Waals surface area contributed by atoms with Gasteiger partial charge in [0.15, 0.2) is 0 Å². The van der Waals surface area contributed by atoms with Crippen molar-refractivity contribution in [3.8, 4) is 0 Å². The van der Waals surface area contributed by atoms with Gasteiger partial charge in [0.25, 0.3) is 0 Å². The molecule has 0 spiro atoms. The highest BCUT2D eigenvalue weighted by atomic mass is 19.4. The Kier molecular flexibility index (Phi) is 4.49. The van der Waals surface area contributed by atoms with E-state index in [2.05, 4.69) is 4.84 Å². The van der Waals surface area contributed by atoms with E-state index in [0.29, 0.717) is 24.8 Å². The summed E-state index contributed by atoms with van der Waals surface area (Å²) >= 11 is 0. The van der Waals surface area contributed by atoms with Gasteiger partial charge < -0.3 is 9.57 Å². The van der Waals surface area contributed by atoms with Crippen LogP contribution in [0.2, 0.25) is 0 Å². The molecule has 4 nitrogen and oxygen atoms in total. The number of carbonyl (C=O) groups excluding carboxylic acids is 1. The highest BCUT2D eigenvalue weighted by Crippen LogP contribution is 2.27. The lowest BCUT2D eigenvalue weighted by atomic mass is 9.92. The second-order valence-electron chi connectivity index (χ2n) is 4.50. The first-order chi connectivity index (χ1) is 9.47. The Morgan fingerprint density at radius 2 is 1.80 bits per heavy atom. The molecule has 20 heavy (non-hydrogen) atoms. The van der Waals surface area contributed by atoms with Crippen molar-refractivity contribution < 1.29 is 27.5 Å². The zero-order valence-corrected chi connectivity index (χ0v) is 10.6. The second-order valence-corrected chi connectivity index (χ2v) is 4.50. The monoisotopic (exact) mass is 289 g/mol. The van der Waals surface area contributed by atoms with E-state index in [0.717, 1.165) is 18.4 Å². The molecule has 0 amide bonds.